The van der Waals surface area contributed by atoms with Crippen molar-refractivity contribution in [1.82, 2.24) is 10.2 Å². The Morgan fingerprint density at radius 3 is 2.21 bits per heavy atom. The van der Waals surface area contributed by atoms with E-state index in [0.717, 1.165) is 0 Å². The first-order chi connectivity index (χ1) is 18.6. The molecule has 232 valence electrons. The van der Waals surface area contributed by atoms with Crippen molar-refractivity contribution in [3.05, 3.63) is 39.9 Å². The average Bonchev–Trinajstić information content (AvgIpc) is 2.86. The molecule has 0 fully saturated rings. The number of nitrogens with zero attached hydrogens (tertiary/aromatic N) is 2. The van der Waals surface area contributed by atoms with Gasteiger partial charge in [-0.1, -0.05) is 0 Å². The number of aromatic hydroxyl groups is 1. The largest absolute Gasteiger partial charge is 0.510 e. The number of anilines is 2. The molecule has 0 saturated heterocycles. The Morgan fingerprint density at radius 2 is 1.71 bits per heavy atom. The number of nitrogens with two attached hydrogens (primary N) is 1. The molecule has 5 atom stereocenters. The molecule has 0 saturated carbocycles. The van der Waals surface area contributed by atoms with Crippen LogP contribution in [0.15, 0.2) is 28.7 Å². The van der Waals surface area contributed by atoms with Gasteiger partial charge in [-0.05, 0) is 58.5 Å². The zero-order chi connectivity index (χ0) is 30.0. The minimum atomic E-state index is -2.72. The Labute approximate surface area is 255 Å². The van der Waals surface area contributed by atoms with Crippen molar-refractivity contribution in [1.29, 1.82) is 0 Å². The number of likely N-dealkylation sites (N-methyl/N-ethyl adjacent to an activating group) is 2. The van der Waals surface area contributed by atoms with Crippen LogP contribution in [0, 0.1) is 11.8 Å². The van der Waals surface area contributed by atoms with Crippen molar-refractivity contribution < 1.29 is 39.6 Å². The third kappa shape index (κ3) is 4.98. The third-order valence-electron chi connectivity index (χ3n) is 8.26. The number of carbonyl (C=O) groups is 4. The molecule has 2 amide bonds. The number of hydrogen-bond acceptors (Lipinski definition) is 11. The number of ketones is 2. The summed E-state index contributed by atoms with van der Waals surface area (Å²) in [5.41, 5.74) is 2.29. The highest BCUT2D eigenvalue weighted by molar-refractivity contribution is 6.25. The molecule has 1 aromatic rings. The smallest absolute Gasteiger partial charge is 0.255 e. The number of phenolic OH excluding ortho intramolecular Hbond substituents is 1. The molecule has 0 heterocycles. The van der Waals surface area contributed by atoms with Crippen molar-refractivity contribution in [3.63, 3.8) is 0 Å². The number of halogens is 2. The number of hydrogen-bond donors (Lipinski definition) is 7. The summed E-state index contributed by atoms with van der Waals surface area (Å²) >= 11 is 0. The second-order valence-electron chi connectivity index (χ2n) is 11.0. The molecule has 15 heteroatoms. The van der Waals surface area contributed by atoms with Gasteiger partial charge in [0.1, 0.15) is 17.1 Å². The van der Waals surface area contributed by atoms with Gasteiger partial charge in [0.2, 0.25) is 11.7 Å². The highest BCUT2D eigenvalue weighted by Gasteiger charge is 2.63. The Hall–Kier alpha value is -3.36. The fraction of sp³-hybridized carbons (Fsp3) is 0.481. The zero-order valence-electron chi connectivity index (χ0n) is 24.0. The van der Waals surface area contributed by atoms with E-state index in [1.54, 1.807) is 53.1 Å². The van der Waals surface area contributed by atoms with Crippen LogP contribution in [0.25, 0.3) is 0 Å². The van der Waals surface area contributed by atoms with Crippen molar-refractivity contribution in [2.75, 3.05) is 45.5 Å². The van der Waals surface area contributed by atoms with E-state index in [-0.39, 0.29) is 54.5 Å². The zero-order valence-corrected chi connectivity index (χ0v) is 25.6. The molecule has 42 heavy (non-hydrogen) atoms. The van der Waals surface area contributed by atoms with Gasteiger partial charge in [-0.2, -0.15) is 0 Å². The van der Waals surface area contributed by atoms with Crippen LogP contribution in [0.1, 0.15) is 29.3 Å². The van der Waals surface area contributed by atoms with E-state index in [4.69, 9.17) is 5.73 Å². The lowest BCUT2D eigenvalue weighted by Crippen LogP contribution is -2.63. The molecule has 0 radical (unpaired) electrons. The average molecular weight is 631 g/mol. The monoisotopic (exact) mass is 629 g/mol. The summed E-state index contributed by atoms with van der Waals surface area (Å²) in [6.45, 7) is 1.62. The van der Waals surface area contributed by atoms with Crippen LogP contribution in [0.5, 0.6) is 5.75 Å². The van der Waals surface area contributed by atoms with Gasteiger partial charge in [0, 0.05) is 31.3 Å². The minimum absolute atomic E-state index is 0. The van der Waals surface area contributed by atoms with E-state index in [1.165, 1.54) is 4.90 Å². The van der Waals surface area contributed by atoms with E-state index >= 15 is 0 Å². The number of aliphatic hydroxyl groups excluding tert-OH is 2. The van der Waals surface area contributed by atoms with Crippen LogP contribution in [0.3, 0.4) is 0 Å². The number of carbonyl (C=O) groups excluding carboxylic acids is 4. The summed E-state index contributed by atoms with van der Waals surface area (Å²) in [6.07, 6.45) is 0.119. The van der Waals surface area contributed by atoms with Crippen LogP contribution in [0.2, 0.25) is 0 Å². The second-order valence-corrected chi connectivity index (χ2v) is 11.0. The number of phenols is 1. The Kier molecular flexibility index (Phi) is 10.0. The van der Waals surface area contributed by atoms with E-state index in [2.05, 4.69) is 10.6 Å². The van der Waals surface area contributed by atoms with Gasteiger partial charge in [0.05, 0.1) is 23.3 Å². The number of allylic oxidation sites excluding steroid dienone is 1. The topological polar surface area (TPSA) is 206 Å². The molecule has 3 aliphatic carbocycles. The molecule has 0 spiro atoms. The molecule has 0 aliphatic heterocycles. The number of nitrogens with one attached hydrogen (secondary N) is 2. The van der Waals surface area contributed by atoms with Crippen molar-refractivity contribution in [2.45, 2.75) is 37.5 Å². The summed E-state index contributed by atoms with van der Waals surface area (Å²) in [7, 11) is 8.20. The first kappa shape index (κ1) is 34.8. The first-order valence-corrected chi connectivity index (χ1v) is 12.8. The van der Waals surface area contributed by atoms with Crippen molar-refractivity contribution in [3.8, 4) is 5.75 Å². The summed E-state index contributed by atoms with van der Waals surface area (Å²) in [4.78, 5) is 55.3. The van der Waals surface area contributed by atoms with Crippen molar-refractivity contribution >= 4 is 59.6 Å². The van der Waals surface area contributed by atoms with E-state index in [9.17, 15) is 39.6 Å². The van der Waals surface area contributed by atoms with Crippen LogP contribution >= 0.6 is 24.8 Å². The summed E-state index contributed by atoms with van der Waals surface area (Å²) in [5, 5.41) is 50.6. The second kappa shape index (κ2) is 12.1. The molecule has 13 nitrogen and oxygen atoms in total. The minimum Gasteiger partial charge on any atom is -0.510 e. The molecule has 3 unspecified atom stereocenters. The fourth-order valence-electron chi connectivity index (χ4n) is 6.17. The molecular formula is C27H37Cl2N5O8. The number of fused-ring (bicyclic) bond motifs is 3. The van der Waals surface area contributed by atoms with Gasteiger partial charge in [0.15, 0.2) is 17.1 Å². The number of benzene rings is 1. The lowest BCUT2D eigenvalue weighted by atomic mass is 9.58. The predicted octanol–water partition coefficient (Wildman–Crippen LogP) is 0.577. The van der Waals surface area contributed by atoms with Crippen LogP contribution < -0.4 is 21.3 Å². The normalized spacial score (nSPS) is 25.5. The molecular weight excluding hydrogens is 593 g/mol. The lowest BCUT2D eigenvalue weighted by Gasteiger charge is -2.50. The van der Waals surface area contributed by atoms with Gasteiger partial charge < -0.3 is 41.7 Å². The van der Waals surface area contributed by atoms with E-state index in [0.29, 0.717) is 11.3 Å². The lowest BCUT2D eigenvalue weighted by molar-refractivity contribution is -0.148. The standard InChI is InChI=1S/C27H35N5O8.2ClH/c1-10(29-2)26(39)30-14-9-15(31(3)4)12-7-11-8-13-19(32(5)6)22(35)18(25(28)38)24(37)27(13,40)23(36)16(11)21(34)17(12)20(14)33;;/h9-11,13,19,29,33,35-36,40H,7-8H2,1-6H3,(H2,28,38)(H,30,39);2*1H/t10?,11?,13?,19-,27-;;/m0../s1. The third-order valence-corrected chi connectivity index (χ3v) is 8.26. The van der Waals surface area contributed by atoms with E-state index < -0.39 is 75.7 Å². The maximum atomic E-state index is 14.0. The van der Waals surface area contributed by atoms with Gasteiger partial charge >= 0.3 is 0 Å². The summed E-state index contributed by atoms with van der Waals surface area (Å²) in [6, 6.07) is -0.130. The number of amides is 2. The maximum absolute atomic E-state index is 14.0. The molecule has 3 aliphatic rings. The fourth-order valence-corrected chi connectivity index (χ4v) is 6.17. The summed E-state index contributed by atoms with van der Waals surface area (Å²) < 4.78 is 0. The van der Waals surface area contributed by atoms with E-state index in [1.807, 2.05) is 0 Å². The van der Waals surface area contributed by atoms with Gasteiger partial charge in [-0.25, -0.2) is 0 Å². The molecule has 0 aromatic heterocycles. The number of Topliss-reactive ketones (excluding diaryl/α,β-unsaturated/α-hetero) is 2. The molecule has 1 aromatic carbocycles. The van der Waals surface area contributed by atoms with Crippen LogP contribution in [-0.2, 0) is 20.8 Å². The maximum Gasteiger partial charge on any atom is 0.255 e. The highest BCUT2D eigenvalue weighted by Crippen LogP contribution is 2.53. The molecule has 8 N–H and O–H groups in total. The first-order valence-electron chi connectivity index (χ1n) is 12.8. The quantitative estimate of drug-likeness (QED) is 0.171. The van der Waals surface area contributed by atoms with Gasteiger partial charge in [-0.3, -0.25) is 24.1 Å². The molecule has 4 rings (SSSR count). The predicted molar refractivity (Wildman–Crippen MR) is 160 cm³/mol. The number of primary amides is 1. The summed E-state index contributed by atoms with van der Waals surface area (Å²) in [5.74, 6) is -7.79. The Morgan fingerprint density at radius 1 is 1.12 bits per heavy atom. The van der Waals surface area contributed by atoms with Crippen LogP contribution in [-0.4, -0.2) is 102 Å². The Balaban J connectivity index is 0.00000308. The van der Waals surface area contributed by atoms with Gasteiger partial charge in [0.25, 0.3) is 5.91 Å². The SMILES string of the molecule is CNC(C)C(=O)Nc1cc(N(C)C)c2c(c1O)C(=O)C1=C(O)[C@]3(O)C(=O)C(C(N)=O)=C(O)[C@@H](N(C)C)C3CC1C2.Cl.Cl. The van der Waals surface area contributed by atoms with Gasteiger partial charge in [-0.15, -0.1) is 24.8 Å². The van der Waals surface area contributed by atoms with Crippen LogP contribution in [0.4, 0.5) is 11.4 Å². The number of rotatable bonds is 6. The Bertz CT molecular complexity index is 1410. The van der Waals surface area contributed by atoms with Crippen molar-refractivity contribution in [2.24, 2.45) is 17.6 Å². The molecule has 0 bridgehead atoms. The number of aliphatic hydroxyl groups is 3. The highest BCUT2D eigenvalue weighted by atomic mass is 35.5.